The van der Waals surface area contributed by atoms with Crippen LogP contribution in [0.2, 0.25) is 0 Å². The molecule has 0 aliphatic carbocycles. The molecule has 0 radical (unpaired) electrons. The van der Waals surface area contributed by atoms with E-state index in [0.29, 0.717) is 6.54 Å². The molecule has 0 N–H and O–H groups in total. The highest BCUT2D eigenvalue weighted by Gasteiger charge is 2.47. The van der Waals surface area contributed by atoms with E-state index in [4.69, 9.17) is 0 Å². The summed E-state index contributed by atoms with van der Waals surface area (Å²) < 4.78 is 24.4. The number of hydrogen-bond acceptors (Lipinski definition) is 4. The standard InChI is InChI=1S/C18H26N2O3S/c1-14(2)18(21)20-11-10-19(9-8-15-6-4-3-5-7-15)16-12-24(22,23)13-17(16)20/h3-7,14,16-17H,8-13H2,1-2H3/t16-,17+/m0/s1. The topological polar surface area (TPSA) is 57.7 Å². The quantitative estimate of drug-likeness (QED) is 0.819. The zero-order valence-corrected chi connectivity index (χ0v) is 15.2. The number of amides is 1. The van der Waals surface area contributed by atoms with Crippen LogP contribution in [0.1, 0.15) is 19.4 Å². The van der Waals surface area contributed by atoms with E-state index in [0.717, 1.165) is 19.5 Å². The third kappa shape index (κ3) is 3.64. The van der Waals surface area contributed by atoms with Crippen LogP contribution in [0, 0.1) is 5.92 Å². The molecule has 132 valence electrons. The van der Waals surface area contributed by atoms with Crippen molar-refractivity contribution in [3.8, 4) is 0 Å². The maximum Gasteiger partial charge on any atom is 0.225 e. The smallest absolute Gasteiger partial charge is 0.225 e. The first kappa shape index (κ1) is 17.4. The molecule has 1 aromatic rings. The monoisotopic (exact) mass is 350 g/mol. The summed E-state index contributed by atoms with van der Waals surface area (Å²) in [4.78, 5) is 16.5. The average molecular weight is 350 g/mol. The molecule has 0 spiro atoms. The van der Waals surface area contributed by atoms with E-state index in [1.54, 1.807) is 0 Å². The average Bonchev–Trinajstić information content (AvgIpc) is 2.88. The Bertz CT molecular complexity index is 687. The molecule has 0 bridgehead atoms. The van der Waals surface area contributed by atoms with E-state index >= 15 is 0 Å². The van der Waals surface area contributed by atoms with Gasteiger partial charge >= 0.3 is 0 Å². The highest BCUT2D eigenvalue weighted by atomic mass is 32.2. The number of fused-ring (bicyclic) bond motifs is 1. The predicted octanol–water partition coefficient (Wildman–Crippen LogP) is 1.19. The van der Waals surface area contributed by atoms with Crippen molar-refractivity contribution in [2.45, 2.75) is 32.4 Å². The third-order valence-corrected chi connectivity index (χ3v) is 6.80. The second kappa shape index (κ2) is 6.84. The number of hydrogen-bond donors (Lipinski definition) is 0. The largest absolute Gasteiger partial charge is 0.336 e. The zero-order chi connectivity index (χ0) is 17.3. The molecular formula is C18H26N2O3S. The summed E-state index contributed by atoms with van der Waals surface area (Å²) in [5.74, 6) is 0.265. The molecular weight excluding hydrogens is 324 g/mol. The molecule has 0 saturated carbocycles. The Morgan fingerprint density at radius 1 is 1.12 bits per heavy atom. The van der Waals surface area contributed by atoms with Crippen molar-refractivity contribution in [3.63, 3.8) is 0 Å². The molecule has 0 aromatic heterocycles. The Labute approximate surface area is 144 Å². The molecule has 0 unspecified atom stereocenters. The Kier molecular flexibility index (Phi) is 4.97. The molecule has 2 heterocycles. The summed E-state index contributed by atoms with van der Waals surface area (Å²) in [5, 5.41) is 0. The third-order valence-electron chi connectivity index (χ3n) is 5.10. The van der Waals surface area contributed by atoms with Crippen LogP contribution in [-0.2, 0) is 21.1 Å². The van der Waals surface area contributed by atoms with Crippen molar-refractivity contribution in [1.29, 1.82) is 0 Å². The van der Waals surface area contributed by atoms with Crippen LogP contribution in [-0.4, -0.2) is 67.3 Å². The van der Waals surface area contributed by atoms with E-state index in [1.165, 1.54) is 5.56 Å². The molecule has 5 nitrogen and oxygen atoms in total. The van der Waals surface area contributed by atoms with E-state index < -0.39 is 9.84 Å². The summed E-state index contributed by atoms with van der Waals surface area (Å²) in [6.45, 7) is 5.97. The number of carbonyl (C=O) groups is 1. The second-order valence-electron chi connectivity index (χ2n) is 7.17. The van der Waals surface area contributed by atoms with Crippen molar-refractivity contribution >= 4 is 15.7 Å². The minimum absolute atomic E-state index is 0.0600. The van der Waals surface area contributed by atoms with Crippen molar-refractivity contribution in [2.24, 2.45) is 5.92 Å². The van der Waals surface area contributed by atoms with Gasteiger partial charge in [0.1, 0.15) is 0 Å². The lowest BCUT2D eigenvalue weighted by Gasteiger charge is -2.44. The van der Waals surface area contributed by atoms with Crippen molar-refractivity contribution < 1.29 is 13.2 Å². The lowest BCUT2D eigenvalue weighted by atomic mass is 10.0. The van der Waals surface area contributed by atoms with Crippen LogP contribution in [0.5, 0.6) is 0 Å². The van der Waals surface area contributed by atoms with Gasteiger partial charge in [-0.05, 0) is 12.0 Å². The van der Waals surface area contributed by atoms with Crippen LogP contribution in [0.4, 0.5) is 0 Å². The second-order valence-corrected chi connectivity index (χ2v) is 9.32. The molecule has 2 aliphatic heterocycles. The van der Waals surface area contributed by atoms with Gasteiger partial charge in [-0.2, -0.15) is 0 Å². The van der Waals surface area contributed by atoms with Gasteiger partial charge in [0.05, 0.1) is 17.5 Å². The van der Waals surface area contributed by atoms with E-state index in [-0.39, 0.29) is 35.4 Å². The van der Waals surface area contributed by atoms with Gasteiger partial charge in [0.25, 0.3) is 0 Å². The fourth-order valence-electron chi connectivity index (χ4n) is 3.83. The molecule has 2 saturated heterocycles. The molecule has 2 aliphatic rings. The molecule has 2 fully saturated rings. The van der Waals surface area contributed by atoms with E-state index in [1.807, 2.05) is 36.9 Å². The van der Waals surface area contributed by atoms with Gasteiger partial charge in [-0.1, -0.05) is 44.2 Å². The van der Waals surface area contributed by atoms with Crippen molar-refractivity contribution in [3.05, 3.63) is 35.9 Å². The summed E-state index contributed by atoms with van der Waals surface area (Å²) in [6.07, 6.45) is 0.905. The fourth-order valence-corrected chi connectivity index (χ4v) is 5.84. The van der Waals surface area contributed by atoms with Gasteiger partial charge < -0.3 is 4.90 Å². The van der Waals surface area contributed by atoms with Gasteiger partial charge in [-0.15, -0.1) is 0 Å². The highest BCUT2D eigenvalue weighted by Crippen LogP contribution is 2.28. The minimum atomic E-state index is -3.07. The van der Waals surface area contributed by atoms with Crippen LogP contribution in [0.15, 0.2) is 30.3 Å². The van der Waals surface area contributed by atoms with Crippen LogP contribution in [0.3, 0.4) is 0 Å². The van der Waals surface area contributed by atoms with Crippen molar-refractivity contribution in [1.82, 2.24) is 9.80 Å². The van der Waals surface area contributed by atoms with Gasteiger partial charge in [-0.25, -0.2) is 8.42 Å². The van der Waals surface area contributed by atoms with Crippen LogP contribution >= 0.6 is 0 Å². The maximum atomic E-state index is 12.5. The van der Waals surface area contributed by atoms with Crippen LogP contribution < -0.4 is 0 Å². The lowest BCUT2D eigenvalue weighted by molar-refractivity contribution is -0.140. The number of rotatable bonds is 4. The normalized spacial score (nSPS) is 26.5. The Hall–Kier alpha value is -1.40. The molecule has 3 rings (SSSR count). The molecule has 1 amide bonds. The van der Waals surface area contributed by atoms with Crippen LogP contribution in [0.25, 0.3) is 0 Å². The number of sulfone groups is 1. The van der Waals surface area contributed by atoms with E-state index in [2.05, 4.69) is 17.0 Å². The number of benzene rings is 1. The SMILES string of the molecule is CC(C)C(=O)N1CCN(CCc2ccccc2)[C@H]2CS(=O)(=O)C[C@H]21. The van der Waals surface area contributed by atoms with E-state index in [9.17, 15) is 13.2 Å². The molecule has 24 heavy (non-hydrogen) atoms. The Morgan fingerprint density at radius 2 is 1.79 bits per heavy atom. The summed E-state index contributed by atoms with van der Waals surface area (Å²) >= 11 is 0. The van der Waals surface area contributed by atoms with Crippen molar-refractivity contribution in [2.75, 3.05) is 31.1 Å². The summed E-state index contributed by atoms with van der Waals surface area (Å²) in [5.41, 5.74) is 1.26. The fraction of sp³-hybridized carbons (Fsp3) is 0.611. The minimum Gasteiger partial charge on any atom is -0.336 e. The maximum absolute atomic E-state index is 12.5. The first-order chi connectivity index (χ1) is 11.4. The first-order valence-corrected chi connectivity index (χ1v) is 10.5. The predicted molar refractivity (Wildman–Crippen MR) is 94.5 cm³/mol. The van der Waals surface area contributed by atoms with Gasteiger partial charge in [0.15, 0.2) is 9.84 Å². The highest BCUT2D eigenvalue weighted by molar-refractivity contribution is 7.91. The lowest BCUT2D eigenvalue weighted by Crippen LogP contribution is -2.61. The first-order valence-electron chi connectivity index (χ1n) is 8.66. The van der Waals surface area contributed by atoms with Gasteiger partial charge in [0, 0.05) is 31.6 Å². The van der Waals surface area contributed by atoms with Gasteiger partial charge in [0.2, 0.25) is 5.91 Å². The Morgan fingerprint density at radius 3 is 2.46 bits per heavy atom. The molecule has 6 heteroatoms. The number of nitrogens with zero attached hydrogens (tertiary/aromatic N) is 2. The molecule has 1 aromatic carbocycles. The Balaban J connectivity index is 1.73. The molecule has 2 atom stereocenters. The summed E-state index contributed by atoms with van der Waals surface area (Å²) in [7, 11) is -3.07. The summed E-state index contributed by atoms with van der Waals surface area (Å²) in [6, 6.07) is 10.0. The van der Waals surface area contributed by atoms with Gasteiger partial charge in [-0.3, -0.25) is 9.69 Å². The number of carbonyl (C=O) groups excluding carboxylic acids is 1. The zero-order valence-electron chi connectivity index (χ0n) is 14.4. The number of piperazine rings is 1.